The van der Waals surface area contributed by atoms with Gasteiger partial charge in [0.1, 0.15) is 22.1 Å². The Morgan fingerprint density at radius 3 is 2.44 bits per heavy atom. The van der Waals surface area contributed by atoms with Gasteiger partial charge in [0.15, 0.2) is 6.61 Å². The molecule has 3 rings (SSSR count). The summed E-state index contributed by atoms with van der Waals surface area (Å²) >= 11 is 4.76. The second-order valence-corrected chi connectivity index (χ2v) is 9.30. The molecular formula is C26H28BrNO5S. The number of halogens is 1. The van der Waals surface area contributed by atoms with Crippen molar-refractivity contribution in [1.29, 1.82) is 0 Å². The van der Waals surface area contributed by atoms with Gasteiger partial charge in [-0.3, -0.25) is 4.79 Å². The van der Waals surface area contributed by atoms with E-state index >= 15 is 0 Å². The van der Waals surface area contributed by atoms with E-state index in [-0.39, 0.29) is 12.5 Å². The highest BCUT2D eigenvalue weighted by Gasteiger charge is 2.22. The van der Waals surface area contributed by atoms with Gasteiger partial charge in [0.05, 0.1) is 18.2 Å². The van der Waals surface area contributed by atoms with Crippen LogP contribution >= 0.6 is 27.3 Å². The maximum atomic E-state index is 12.6. The van der Waals surface area contributed by atoms with Gasteiger partial charge in [0.25, 0.3) is 5.91 Å². The zero-order valence-electron chi connectivity index (χ0n) is 19.5. The number of rotatable bonds is 11. The molecule has 1 heterocycles. The molecule has 34 heavy (non-hydrogen) atoms. The van der Waals surface area contributed by atoms with E-state index in [2.05, 4.69) is 28.2 Å². The van der Waals surface area contributed by atoms with Crippen LogP contribution in [-0.4, -0.2) is 32.2 Å². The van der Waals surface area contributed by atoms with Crippen LogP contribution in [0.4, 0.5) is 5.00 Å². The number of anilines is 1. The first-order valence-corrected chi connectivity index (χ1v) is 12.8. The Morgan fingerprint density at radius 2 is 1.79 bits per heavy atom. The van der Waals surface area contributed by atoms with Crippen molar-refractivity contribution in [1.82, 2.24) is 0 Å². The van der Waals surface area contributed by atoms with Gasteiger partial charge in [0, 0.05) is 10.9 Å². The molecule has 6 nitrogen and oxygen atoms in total. The molecule has 0 saturated carbocycles. The van der Waals surface area contributed by atoms with Crippen LogP contribution in [0.1, 0.15) is 42.6 Å². The third-order valence-electron chi connectivity index (χ3n) is 4.97. The molecule has 0 unspecified atom stereocenters. The summed E-state index contributed by atoms with van der Waals surface area (Å²) in [6.45, 7) is 4.62. The number of methoxy groups -OCH3 is 1. The normalized spacial score (nSPS) is 10.6. The number of hydrogen-bond acceptors (Lipinski definition) is 6. The van der Waals surface area contributed by atoms with Gasteiger partial charge in [-0.2, -0.15) is 0 Å². The van der Waals surface area contributed by atoms with Crippen LogP contribution in [0.25, 0.3) is 11.1 Å². The van der Waals surface area contributed by atoms with Crippen LogP contribution < -0.4 is 14.8 Å². The lowest BCUT2D eigenvalue weighted by atomic mass is 10.0. The van der Waals surface area contributed by atoms with Crippen molar-refractivity contribution in [3.05, 3.63) is 63.4 Å². The minimum absolute atomic E-state index is 0.191. The van der Waals surface area contributed by atoms with Crippen molar-refractivity contribution in [2.24, 2.45) is 0 Å². The summed E-state index contributed by atoms with van der Waals surface area (Å²) in [6, 6.07) is 13.3. The highest BCUT2D eigenvalue weighted by atomic mass is 79.9. The number of ether oxygens (including phenoxy) is 3. The Kier molecular flexibility index (Phi) is 9.53. The zero-order chi connectivity index (χ0) is 24.5. The number of thiophene rings is 1. The molecule has 0 aliphatic rings. The third-order valence-corrected chi connectivity index (χ3v) is 6.48. The lowest BCUT2D eigenvalue weighted by Gasteiger charge is -2.11. The number of esters is 1. The standard InChI is InChI=1S/C26H28BrNO5S/c1-4-6-17-7-12-22(21(27)14-17)33-15-23(29)28-25-24(26(30)31-3)20(16-34-25)18-8-10-19(11-9-18)32-13-5-2/h7-12,14,16H,4-6,13,15H2,1-3H3,(H,28,29). The van der Waals surface area contributed by atoms with Gasteiger partial charge >= 0.3 is 5.97 Å². The molecule has 8 heteroatoms. The first-order valence-electron chi connectivity index (χ1n) is 11.1. The van der Waals surface area contributed by atoms with Crippen LogP contribution in [0, 0.1) is 0 Å². The number of amides is 1. The van der Waals surface area contributed by atoms with Gasteiger partial charge in [-0.05, 0) is 64.2 Å². The molecule has 1 amide bonds. The molecule has 0 bridgehead atoms. The summed E-state index contributed by atoms with van der Waals surface area (Å²) < 4.78 is 17.1. The smallest absolute Gasteiger partial charge is 0.341 e. The number of nitrogens with one attached hydrogen (secondary N) is 1. The minimum atomic E-state index is -0.520. The Balaban J connectivity index is 1.72. The average molecular weight is 546 g/mol. The summed E-state index contributed by atoms with van der Waals surface area (Å²) in [5.41, 5.74) is 3.02. The molecule has 1 N–H and O–H groups in total. The van der Waals surface area contributed by atoms with Crippen LogP contribution in [0.15, 0.2) is 52.3 Å². The molecule has 0 fully saturated rings. The van der Waals surface area contributed by atoms with E-state index < -0.39 is 5.97 Å². The highest BCUT2D eigenvalue weighted by molar-refractivity contribution is 9.10. The van der Waals surface area contributed by atoms with Gasteiger partial charge < -0.3 is 19.5 Å². The van der Waals surface area contributed by atoms with Crippen LogP contribution in [0.3, 0.4) is 0 Å². The fraction of sp³-hybridized carbons (Fsp3) is 0.308. The van der Waals surface area contributed by atoms with Gasteiger partial charge in [-0.25, -0.2) is 4.79 Å². The van der Waals surface area contributed by atoms with Crippen molar-refractivity contribution < 1.29 is 23.8 Å². The molecule has 0 radical (unpaired) electrons. The molecule has 180 valence electrons. The van der Waals surface area contributed by atoms with Crippen LogP contribution in [0.2, 0.25) is 0 Å². The van der Waals surface area contributed by atoms with E-state index in [0.717, 1.165) is 35.0 Å². The first kappa shape index (κ1) is 25.8. The largest absolute Gasteiger partial charge is 0.494 e. The van der Waals surface area contributed by atoms with E-state index in [1.807, 2.05) is 54.8 Å². The molecule has 3 aromatic rings. The second-order valence-electron chi connectivity index (χ2n) is 7.57. The number of carbonyl (C=O) groups excluding carboxylic acids is 2. The Bertz CT molecular complexity index is 1130. The Hall–Kier alpha value is -2.84. The maximum Gasteiger partial charge on any atom is 0.341 e. The lowest BCUT2D eigenvalue weighted by Crippen LogP contribution is -2.21. The van der Waals surface area contributed by atoms with Crippen molar-refractivity contribution >= 4 is 44.1 Å². The number of aryl methyl sites for hydroxylation is 1. The SMILES string of the molecule is CCCOc1ccc(-c2csc(NC(=O)COc3ccc(CCC)cc3Br)c2C(=O)OC)cc1. The summed E-state index contributed by atoms with van der Waals surface area (Å²) in [5, 5.41) is 5.03. The molecule has 0 atom stereocenters. The lowest BCUT2D eigenvalue weighted by molar-refractivity contribution is -0.118. The van der Waals surface area contributed by atoms with Gasteiger partial charge in [0.2, 0.25) is 0 Å². The summed E-state index contributed by atoms with van der Waals surface area (Å²) in [5.74, 6) is 0.458. The quantitative estimate of drug-likeness (QED) is 0.270. The third kappa shape index (κ3) is 6.61. The highest BCUT2D eigenvalue weighted by Crippen LogP contribution is 2.37. The minimum Gasteiger partial charge on any atom is -0.494 e. The molecule has 1 aromatic heterocycles. The fourth-order valence-corrected chi connectivity index (χ4v) is 4.84. The zero-order valence-corrected chi connectivity index (χ0v) is 21.9. The van der Waals surface area contributed by atoms with Crippen molar-refractivity contribution in [2.45, 2.75) is 33.1 Å². The first-order chi connectivity index (χ1) is 16.5. The Labute approximate surface area is 212 Å². The predicted molar refractivity (Wildman–Crippen MR) is 139 cm³/mol. The second kappa shape index (κ2) is 12.6. The Morgan fingerprint density at radius 1 is 1.03 bits per heavy atom. The monoisotopic (exact) mass is 545 g/mol. The molecule has 2 aromatic carbocycles. The summed E-state index contributed by atoms with van der Waals surface area (Å²) in [4.78, 5) is 25.2. The van der Waals surface area contributed by atoms with Crippen LogP contribution in [0.5, 0.6) is 11.5 Å². The van der Waals surface area contributed by atoms with E-state index in [9.17, 15) is 9.59 Å². The van der Waals surface area contributed by atoms with E-state index in [1.165, 1.54) is 24.0 Å². The number of benzene rings is 2. The fourth-order valence-electron chi connectivity index (χ4n) is 3.33. The van der Waals surface area contributed by atoms with E-state index in [4.69, 9.17) is 14.2 Å². The van der Waals surface area contributed by atoms with Gasteiger partial charge in [-0.1, -0.05) is 38.5 Å². The number of carbonyl (C=O) groups is 2. The number of hydrogen-bond donors (Lipinski definition) is 1. The van der Waals surface area contributed by atoms with Crippen molar-refractivity contribution in [3.8, 4) is 22.6 Å². The van der Waals surface area contributed by atoms with E-state index in [1.54, 1.807) is 0 Å². The summed E-state index contributed by atoms with van der Waals surface area (Å²) in [6.07, 6.45) is 2.95. The molecule has 0 spiro atoms. The van der Waals surface area contributed by atoms with Gasteiger partial charge in [-0.15, -0.1) is 11.3 Å². The molecular weight excluding hydrogens is 518 g/mol. The van der Waals surface area contributed by atoms with Crippen molar-refractivity contribution in [3.63, 3.8) is 0 Å². The van der Waals surface area contributed by atoms with E-state index in [0.29, 0.717) is 28.5 Å². The maximum absolute atomic E-state index is 12.6. The predicted octanol–water partition coefficient (Wildman–Crippen LogP) is 6.72. The topological polar surface area (TPSA) is 73.9 Å². The molecule has 0 aliphatic heterocycles. The van der Waals surface area contributed by atoms with Crippen molar-refractivity contribution in [2.75, 3.05) is 25.6 Å². The van der Waals surface area contributed by atoms with Crippen LogP contribution in [-0.2, 0) is 16.0 Å². The molecule has 0 saturated heterocycles. The summed E-state index contributed by atoms with van der Waals surface area (Å²) in [7, 11) is 1.32. The molecule has 0 aliphatic carbocycles. The average Bonchev–Trinajstić information content (AvgIpc) is 3.25.